The van der Waals surface area contributed by atoms with Crippen molar-refractivity contribution in [2.75, 3.05) is 0 Å². The molecular formula is C14H16N6. The van der Waals surface area contributed by atoms with E-state index in [0.717, 1.165) is 36.9 Å². The van der Waals surface area contributed by atoms with Gasteiger partial charge in [0, 0.05) is 50.5 Å². The number of aryl methyl sites for hydroxylation is 3. The van der Waals surface area contributed by atoms with E-state index in [1.165, 1.54) is 0 Å². The second kappa shape index (κ2) is 5.64. The number of rotatable bonds is 5. The summed E-state index contributed by atoms with van der Waals surface area (Å²) in [5, 5.41) is 0. The molecule has 0 spiro atoms. The molecule has 0 aliphatic rings. The summed E-state index contributed by atoms with van der Waals surface area (Å²) >= 11 is 0. The van der Waals surface area contributed by atoms with Crippen molar-refractivity contribution in [3.8, 4) is 11.5 Å². The summed E-state index contributed by atoms with van der Waals surface area (Å²) in [5.41, 5.74) is 0.868. The average molecular weight is 268 g/mol. The third kappa shape index (κ3) is 2.59. The van der Waals surface area contributed by atoms with Gasteiger partial charge in [-0.05, 0) is 6.07 Å². The third-order valence-electron chi connectivity index (χ3n) is 3.12. The first-order chi connectivity index (χ1) is 9.86. The maximum atomic E-state index is 4.53. The van der Waals surface area contributed by atoms with Crippen molar-refractivity contribution >= 4 is 0 Å². The first-order valence-corrected chi connectivity index (χ1v) is 6.66. The second-order valence-corrected chi connectivity index (χ2v) is 4.46. The molecule has 0 fully saturated rings. The molecule has 0 amide bonds. The van der Waals surface area contributed by atoms with Crippen molar-refractivity contribution in [2.45, 2.75) is 26.4 Å². The van der Waals surface area contributed by atoms with Gasteiger partial charge in [-0.25, -0.2) is 19.9 Å². The van der Waals surface area contributed by atoms with Crippen LogP contribution < -0.4 is 0 Å². The number of nitrogens with zero attached hydrogens (tertiary/aromatic N) is 6. The van der Waals surface area contributed by atoms with Crippen LogP contribution in [0.4, 0.5) is 0 Å². The second-order valence-electron chi connectivity index (χ2n) is 4.46. The van der Waals surface area contributed by atoms with Gasteiger partial charge >= 0.3 is 0 Å². The third-order valence-corrected chi connectivity index (χ3v) is 3.12. The summed E-state index contributed by atoms with van der Waals surface area (Å²) in [6.45, 7) is 3.73. The van der Waals surface area contributed by atoms with E-state index in [9.17, 15) is 0 Å². The minimum absolute atomic E-state index is 0.823. The average Bonchev–Trinajstić information content (AvgIpc) is 3.16. The molecule has 3 rings (SSSR count). The Kier molecular flexibility index (Phi) is 3.54. The van der Waals surface area contributed by atoms with Gasteiger partial charge in [-0.1, -0.05) is 6.92 Å². The summed E-state index contributed by atoms with van der Waals surface area (Å²) in [4.78, 5) is 17.2. The maximum Gasteiger partial charge on any atom is 0.158 e. The molecule has 3 heterocycles. The fourth-order valence-corrected chi connectivity index (χ4v) is 2.06. The van der Waals surface area contributed by atoms with Crippen LogP contribution in [0.5, 0.6) is 0 Å². The molecule has 3 aromatic rings. The van der Waals surface area contributed by atoms with Gasteiger partial charge in [0.1, 0.15) is 11.5 Å². The van der Waals surface area contributed by atoms with Crippen LogP contribution in [0.1, 0.15) is 12.7 Å². The predicted molar refractivity (Wildman–Crippen MR) is 74.9 cm³/mol. The quantitative estimate of drug-likeness (QED) is 0.708. The van der Waals surface area contributed by atoms with Crippen molar-refractivity contribution in [3.63, 3.8) is 0 Å². The zero-order valence-corrected chi connectivity index (χ0v) is 11.3. The van der Waals surface area contributed by atoms with E-state index in [0.29, 0.717) is 0 Å². The van der Waals surface area contributed by atoms with Crippen LogP contribution in [0.3, 0.4) is 0 Å². The summed E-state index contributed by atoms with van der Waals surface area (Å²) in [6, 6.07) is 1.90. The van der Waals surface area contributed by atoms with E-state index < -0.39 is 0 Å². The van der Waals surface area contributed by atoms with Gasteiger partial charge in [-0.3, -0.25) is 0 Å². The van der Waals surface area contributed by atoms with E-state index in [-0.39, 0.29) is 0 Å². The largest absolute Gasteiger partial charge is 0.336 e. The Morgan fingerprint density at radius 2 is 2.00 bits per heavy atom. The van der Waals surface area contributed by atoms with Gasteiger partial charge in [0.05, 0.1) is 6.33 Å². The number of hydrogen-bond acceptors (Lipinski definition) is 4. The van der Waals surface area contributed by atoms with Gasteiger partial charge in [0.25, 0.3) is 0 Å². The highest BCUT2D eigenvalue weighted by Gasteiger charge is 2.08. The molecule has 0 unspecified atom stereocenters. The molecule has 0 N–H and O–H groups in total. The molecule has 0 aliphatic carbocycles. The van der Waals surface area contributed by atoms with Gasteiger partial charge in [-0.2, -0.15) is 0 Å². The topological polar surface area (TPSA) is 61.4 Å². The number of hydrogen-bond donors (Lipinski definition) is 0. The highest BCUT2D eigenvalue weighted by atomic mass is 15.1. The monoisotopic (exact) mass is 268 g/mol. The first-order valence-electron chi connectivity index (χ1n) is 6.66. The SMILES string of the molecule is CCc1nccc(-c2nccn2CCn2ccnc2)n1. The standard InChI is InChI=1S/C14H16N6/c1-2-13-16-4-3-12(18-13)14-17-6-8-20(14)10-9-19-7-5-15-11-19/h3-8,11H,2,9-10H2,1H3. The summed E-state index contributed by atoms with van der Waals surface area (Å²) in [7, 11) is 0. The highest BCUT2D eigenvalue weighted by Crippen LogP contribution is 2.14. The number of aromatic nitrogens is 6. The highest BCUT2D eigenvalue weighted by molar-refractivity contribution is 5.48. The van der Waals surface area contributed by atoms with Crippen LogP contribution in [0, 0.1) is 0 Å². The lowest BCUT2D eigenvalue weighted by Gasteiger charge is -2.08. The van der Waals surface area contributed by atoms with Gasteiger partial charge in [0.2, 0.25) is 0 Å². The van der Waals surface area contributed by atoms with E-state index in [2.05, 4.69) is 24.5 Å². The first kappa shape index (κ1) is 12.5. The Labute approximate surface area is 117 Å². The molecule has 0 aliphatic heterocycles. The lowest BCUT2D eigenvalue weighted by Crippen LogP contribution is -2.07. The minimum Gasteiger partial charge on any atom is -0.336 e. The molecule has 0 bridgehead atoms. The van der Waals surface area contributed by atoms with Crippen molar-refractivity contribution in [3.05, 3.63) is 49.2 Å². The molecule has 0 aromatic carbocycles. The lowest BCUT2D eigenvalue weighted by atomic mass is 10.3. The molecule has 0 saturated heterocycles. The molecular weight excluding hydrogens is 252 g/mol. The summed E-state index contributed by atoms with van der Waals surface area (Å²) < 4.78 is 4.14. The normalized spacial score (nSPS) is 10.8. The Morgan fingerprint density at radius 1 is 1.05 bits per heavy atom. The fourth-order valence-electron chi connectivity index (χ4n) is 2.06. The summed E-state index contributed by atoms with van der Waals surface area (Å²) in [5.74, 6) is 1.72. The van der Waals surface area contributed by atoms with Crippen LogP contribution in [0.2, 0.25) is 0 Å². The maximum absolute atomic E-state index is 4.53. The van der Waals surface area contributed by atoms with Crippen LogP contribution in [0.15, 0.2) is 43.4 Å². The van der Waals surface area contributed by atoms with E-state index in [1.54, 1.807) is 18.6 Å². The predicted octanol–water partition coefficient (Wildman–Crippen LogP) is 1.80. The van der Waals surface area contributed by atoms with Gasteiger partial charge in [-0.15, -0.1) is 0 Å². The van der Waals surface area contributed by atoms with E-state index in [4.69, 9.17) is 0 Å². The Balaban J connectivity index is 1.82. The number of imidazole rings is 2. The Hall–Kier alpha value is -2.50. The molecule has 6 heteroatoms. The van der Waals surface area contributed by atoms with E-state index >= 15 is 0 Å². The van der Waals surface area contributed by atoms with E-state index in [1.807, 2.05) is 36.3 Å². The molecule has 0 atom stereocenters. The van der Waals surface area contributed by atoms with Crippen molar-refractivity contribution in [1.82, 2.24) is 29.1 Å². The molecule has 6 nitrogen and oxygen atoms in total. The fraction of sp³-hybridized carbons (Fsp3) is 0.286. The zero-order chi connectivity index (χ0) is 13.8. The zero-order valence-electron chi connectivity index (χ0n) is 11.3. The van der Waals surface area contributed by atoms with Crippen LogP contribution in [-0.2, 0) is 19.5 Å². The minimum atomic E-state index is 0.823. The Bertz CT molecular complexity index is 671. The van der Waals surface area contributed by atoms with Gasteiger partial charge in [0.15, 0.2) is 5.82 Å². The smallest absolute Gasteiger partial charge is 0.158 e. The van der Waals surface area contributed by atoms with Crippen molar-refractivity contribution in [2.24, 2.45) is 0 Å². The lowest BCUT2D eigenvalue weighted by molar-refractivity contribution is 0.581. The molecule has 20 heavy (non-hydrogen) atoms. The van der Waals surface area contributed by atoms with Gasteiger partial charge < -0.3 is 9.13 Å². The van der Waals surface area contributed by atoms with Crippen molar-refractivity contribution < 1.29 is 0 Å². The van der Waals surface area contributed by atoms with Crippen molar-refractivity contribution in [1.29, 1.82) is 0 Å². The molecule has 0 saturated carbocycles. The van der Waals surface area contributed by atoms with Crippen LogP contribution in [-0.4, -0.2) is 29.1 Å². The summed E-state index contributed by atoms with van der Waals surface area (Å²) in [6.07, 6.45) is 11.9. The Morgan fingerprint density at radius 3 is 2.80 bits per heavy atom. The van der Waals surface area contributed by atoms with Crippen LogP contribution >= 0.6 is 0 Å². The molecule has 0 radical (unpaired) electrons. The van der Waals surface area contributed by atoms with Crippen LogP contribution in [0.25, 0.3) is 11.5 Å². The molecule has 102 valence electrons. The molecule has 3 aromatic heterocycles.